The summed E-state index contributed by atoms with van der Waals surface area (Å²) in [5.74, 6) is -0.207. The Morgan fingerprint density at radius 2 is 2.36 bits per heavy atom. The lowest BCUT2D eigenvalue weighted by molar-refractivity contribution is -0.171. The van der Waals surface area contributed by atoms with Gasteiger partial charge in [-0.15, -0.1) is 5.10 Å². The lowest BCUT2D eigenvalue weighted by Gasteiger charge is -2.42. The number of aromatic nitrogens is 2. The second-order valence-corrected chi connectivity index (χ2v) is 6.06. The molecule has 0 radical (unpaired) electrons. The molecule has 3 heterocycles. The second-order valence-electron chi connectivity index (χ2n) is 5.45. The van der Waals surface area contributed by atoms with E-state index in [9.17, 15) is 9.59 Å². The van der Waals surface area contributed by atoms with Gasteiger partial charge in [0.05, 0.1) is 26.3 Å². The Labute approximate surface area is 132 Å². The van der Waals surface area contributed by atoms with Crippen molar-refractivity contribution in [1.82, 2.24) is 19.4 Å². The molecule has 2 amide bonds. The average Bonchev–Trinajstić information content (AvgIpc) is 2.99. The normalized spacial score (nSPS) is 26.3. The minimum absolute atomic E-state index is 0.0253. The van der Waals surface area contributed by atoms with Crippen molar-refractivity contribution in [2.75, 3.05) is 46.0 Å². The summed E-state index contributed by atoms with van der Waals surface area (Å²) in [5, 5.41) is 5.46. The second kappa shape index (κ2) is 6.27. The van der Waals surface area contributed by atoms with E-state index in [1.165, 1.54) is 0 Å². The van der Waals surface area contributed by atoms with Crippen LogP contribution in [0.15, 0.2) is 5.38 Å². The van der Waals surface area contributed by atoms with Crippen LogP contribution >= 0.6 is 11.5 Å². The van der Waals surface area contributed by atoms with Crippen molar-refractivity contribution < 1.29 is 19.1 Å². The summed E-state index contributed by atoms with van der Waals surface area (Å²) in [6.07, 6.45) is 0. The molecule has 2 aliphatic rings. The highest BCUT2D eigenvalue weighted by Gasteiger charge is 2.43. The van der Waals surface area contributed by atoms with Gasteiger partial charge in [-0.1, -0.05) is 4.49 Å². The molecule has 0 aromatic carbocycles. The van der Waals surface area contributed by atoms with Gasteiger partial charge in [0.1, 0.15) is 12.2 Å². The van der Waals surface area contributed by atoms with E-state index in [-0.39, 0.29) is 18.4 Å². The summed E-state index contributed by atoms with van der Waals surface area (Å²) in [6, 6.07) is 0. The third kappa shape index (κ3) is 2.96. The Balaban J connectivity index is 1.78. The SMILES string of the molecule is CCN1CC2(COCCN(C(=O)c3csnn3)C2)OCC1=O. The van der Waals surface area contributed by atoms with Crippen LogP contribution in [0.25, 0.3) is 0 Å². The van der Waals surface area contributed by atoms with Gasteiger partial charge in [0.2, 0.25) is 5.91 Å². The molecule has 120 valence electrons. The van der Waals surface area contributed by atoms with Crippen molar-refractivity contribution >= 4 is 23.3 Å². The Morgan fingerprint density at radius 1 is 1.50 bits per heavy atom. The molecule has 8 nitrogen and oxygen atoms in total. The highest BCUT2D eigenvalue weighted by atomic mass is 32.1. The van der Waals surface area contributed by atoms with Crippen molar-refractivity contribution in [3.63, 3.8) is 0 Å². The standard InChI is InChI=1S/C13H18N4O4S/c1-2-16-7-13(21-5-11(16)18)8-17(3-4-20-9-13)12(19)10-6-22-15-14-10/h6H,2-5,7-9H2,1H3. The van der Waals surface area contributed by atoms with Crippen LogP contribution in [0.5, 0.6) is 0 Å². The highest BCUT2D eigenvalue weighted by molar-refractivity contribution is 7.03. The molecule has 2 aliphatic heterocycles. The monoisotopic (exact) mass is 326 g/mol. The largest absolute Gasteiger partial charge is 0.376 e. The van der Waals surface area contributed by atoms with E-state index in [0.29, 0.717) is 45.1 Å². The van der Waals surface area contributed by atoms with Crippen LogP contribution in [0.2, 0.25) is 0 Å². The van der Waals surface area contributed by atoms with Gasteiger partial charge in [0, 0.05) is 18.5 Å². The number of nitrogens with zero attached hydrogens (tertiary/aromatic N) is 4. The average molecular weight is 326 g/mol. The van der Waals surface area contributed by atoms with E-state index in [2.05, 4.69) is 9.59 Å². The Bertz CT molecular complexity index is 552. The van der Waals surface area contributed by atoms with Crippen LogP contribution < -0.4 is 0 Å². The van der Waals surface area contributed by atoms with Gasteiger partial charge in [-0.3, -0.25) is 9.59 Å². The summed E-state index contributed by atoms with van der Waals surface area (Å²) >= 11 is 1.14. The number of hydrogen-bond donors (Lipinski definition) is 0. The summed E-state index contributed by atoms with van der Waals surface area (Å²) in [5.41, 5.74) is -0.333. The summed E-state index contributed by atoms with van der Waals surface area (Å²) in [6.45, 7) is 4.67. The maximum Gasteiger partial charge on any atom is 0.275 e. The lowest BCUT2D eigenvalue weighted by Crippen LogP contribution is -2.61. The number of amides is 2. The quantitative estimate of drug-likeness (QED) is 0.737. The molecule has 9 heteroatoms. The molecule has 0 bridgehead atoms. The Kier molecular flexibility index (Phi) is 4.37. The summed E-state index contributed by atoms with van der Waals surface area (Å²) in [7, 11) is 0. The molecular weight excluding hydrogens is 308 g/mol. The number of hydrogen-bond acceptors (Lipinski definition) is 7. The van der Waals surface area contributed by atoms with Gasteiger partial charge in [0.25, 0.3) is 5.91 Å². The minimum atomic E-state index is -0.667. The molecule has 1 unspecified atom stereocenters. The van der Waals surface area contributed by atoms with Gasteiger partial charge in [-0.2, -0.15) is 0 Å². The topological polar surface area (TPSA) is 84.9 Å². The fraction of sp³-hybridized carbons (Fsp3) is 0.692. The number of carbonyl (C=O) groups excluding carboxylic acids is 2. The molecule has 1 spiro atoms. The molecule has 3 rings (SSSR count). The van der Waals surface area contributed by atoms with Crippen LogP contribution in [-0.4, -0.2) is 82.8 Å². The van der Waals surface area contributed by atoms with E-state index in [0.717, 1.165) is 11.5 Å². The van der Waals surface area contributed by atoms with Crippen molar-refractivity contribution in [3.8, 4) is 0 Å². The number of rotatable bonds is 2. The fourth-order valence-electron chi connectivity index (χ4n) is 2.76. The van der Waals surface area contributed by atoms with Crippen LogP contribution in [0.3, 0.4) is 0 Å². The van der Waals surface area contributed by atoms with Gasteiger partial charge < -0.3 is 19.3 Å². The minimum Gasteiger partial charge on any atom is -0.376 e. The van der Waals surface area contributed by atoms with Crippen molar-refractivity contribution in [1.29, 1.82) is 0 Å². The fourth-order valence-corrected chi connectivity index (χ4v) is 3.19. The van der Waals surface area contributed by atoms with Crippen LogP contribution in [0.1, 0.15) is 17.4 Å². The molecule has 2 fully saturated rings. The van der Waals surface area contributed by atoms with Crippen LogP contribution in [-0.2, 0) is 14.3 Å². The Morgan fingerprint density at radius 3 is 3.09 bits per heavy atom. The number of carbonyl (C=O) groups is 2. The number of morpholine rings is 1. The Hall–Kier alpha value is -1.58. The lowest BCUT2D eigenvalue weighted by atomic mass is 10.0. The van der Waals surface area contributed by atoms with E-state index in [1.807, 2.05) is 6.92 Å². The zero-order valence-electron chi connectivity index (χ0n) is 12.4. The smallest absolute Gasteiger partial charge is 0.275 e. The molecule has 1 aromatic heterocycles. The summed E-state index contributed by atoms with van der Waals surface area (Å²) in [4.78, 5) is 27.7. The predicted molar refractivity (Wildman–Crippen MR) is 77.6 cm³/mol. The van der Waals surface area contributed by atoms with E-state index in [4.69, 9.17) is 9.47 Å². The van der Waals surface area contributed by atoms with E-state index >= 15 is 0 Å². The zero-order valence-corrected chi connectivity index (χ0v) is 13.2. The zero-order chi connectivity index (χ0) is 15.6. The third-order valence-electron chi connectivity index (χ3n) is 3.93. The molecule has 0 saturated carbocycles. The third-order valence-corrected chi connectivity index (χ3v) is 4.44. The van der Waals surface area contributed by atoms with E-state index < -0.39 is 5.60 Å². The first kappa shape index (κ1) is 15.3. The van der Waals surface area contributed by atoms with Gasteiger partial charge in [0.15, 0.2) is 5.69 Å². The predicted octanol–water partition coefficient (Wildman–Crippen LogP) is -0.372. The summed E-state index contributed by atoms with van der Waals surface area (Å²) < 4.78 is 15.1. The molecule has 1 aromatic rings. The van der Waals surface area contributed by atoms with Crippen molar-refractivity contribution in [2.24, 2.45) is 0 Å². The molecule has 1 atom stereocenters. The first-order valence-corrected chi connectivity index (χ1v) is 8.03. The molecular formula is C13H18N4O4S. The van der Waals surface area contributed by atoms with Gasteiger partial charge in [-0.25, -0.2) is 0 Å². The van der Waals surface area contributed by atoms with Gasteiger partial charge >= 0.3 is 0 Å². The number of ether oxygens (including phenoxy) is 2. The molecule has 0 N–H and O–H groups in total. The van der Waals surface area contributed by atoms with Gasteiger partial charge in [-0.05, 0) is 18.5 Å². The van der Waals surface area contributed by atoms with Crippen LogP contribution in [0.4, 0.5) is 0 Å². The first-order valence-electron chi connectivity index (χ1n) is 7.19. The van der Waals surface area contributed by atoms with Crippen molar-refractivity contribution in [3.05, 3.63) is 11.1 Å². The van der Waals surface area contributed by atoms with E-state index in [1.54, 1.807) is 15.2 Å². The van der Waals surface area contributed by atoms with Crippen LogP contribution in [0, 0.1) is 0 Å². The molecule has 0 aliphatic carbocycles. The maximum absolute atomic E-state index is 12.5. The first-order chi connectivity index (χ1) is 10.6. The van der Waals surface area contributed by atoms with Crippen molar-refractivity contribution in [2.45, 2.75) is 12.5 Å². The number of likely N-dealkylation sites (N-methyl/N-ethyl adjacent to an activating group) is 1. The molecule has 2 saturated heterocycles. The maximum atomic E-state index is 12.5. The highest BCUT2D eigenvalue weighted by Crippen LogP contribution is 2.24. The molecule has 22 heavy (non-hydrogen) atoms.